The Morgan fingerprint density at radius 1 is 0.885 bits per heavy atom. The van der Waals surface area contributed by atoms with Crippen LogP contribution in [0.15, 0.2) is 30.8 Å². The minimum atomic E-state index is -3.26. The van der Waals surface area contributed by atoms with Gasteiger partial charge in [-0.2, -0.15) is 0 Å². The lowest BCUT2D eigenvalue weighted by atomic mass is 10.1. The second-order valence-electron chi connectivity index (χ2n) is 7.74. The van der Waals surface area contributed by atoms with Crippen molar-refractivity contribution < 1.29 is 13.6 Å². The van der Waals surface area contributed by atoms with E-state index < -0.39 is 7.60 Å². The maximum Gasteiger partial charge on any atom is 0.361 e. The summed E-state index contributed by atoms with van der Waals surface area (Å²) in [6, 6.07) is 7.47. The molecule has 0 bridgehead atoms. The molecule has 4 heteroatoms. The first kappa shape index (κ1) is 23.1. The molecule has 0 aliphatic carbocycles. The molecule has 0 atom stereocenters. The van der Waals surface area contributed by atoms with Crippen molar-refractivity contribution >= 4 is 19.0 Å². The maximum atomic E-state index is 13.3. The van der Waals surface area contributed by atoms with Crippen LogP contribution in [0, 0.1) is 11.8 Å². The summed E-state index contributed by atoms with van der Waals surface area (Å²) >= 11 is 0. The molecule has 3 nitrogen and oxygen atoms in total. The Kier molecular flexibility index (Phi) is 11.1. The average molecular weight is 381 g/mol. The molecule has 0 spiro atoms. The third kappa shape index (κ3) is 9.16. The van der Waals surface area contributed by atoms with Gasteiger partial charge in [0.1, 0.15) is 0 Å². The minimum Gasteiger partial charge on any atom is -0.305 e. The van der Waals surface area contributed by atoms with Gasteiger partial charge in [-0.15, -0.1) is 0 Å². The molecule has 1 rings (SSSR count). The number of rotatable bonds is 14. The Labute approximate surface area is 160 Å². The molecular weight excluding hydrogens is 343 g/mol. The van der Waals surface area contributed by atoms with Crippen molar-refractivity contribution in [1.82, 2.24) is 0 Å². The van der Waals surface area contributed by atoms with Gasteiger partial charge in [0, 0.05) is 0 Å². The molecule has 26 heavy (non-hydrogen) atoms. The lowest BCUT2D eigenvalue weighted by molar-refractivity contribution is 0.205. The SMILES string of the molecule is C=Cc1ccc(P(=O)(OCCCCC(C)C)OCCCCC(C)C)cc1. The van der Waals surface area contributed by atoms with Gasteiger partial charge in [0.2, 0.25) is 0 Å². The summed E-state index contributed by atoms with van der Waals surface area (Å²) < 4.78 is 25.0. The third-order valence-electron chi connectivity index (χ3n) is 4.32. The molecule has 0 radical (unpaired) electrons. The van der Waals surface area contributed by atoms with Crippen molar-refractivity contribution in [2.24, 2.45) is 11.8 Å². The van der Waals surface area contributed by atoms with Crippen LogP contribution in [-0.2, 0) is 13.6 Å². The van der Waals surface area contributed by atoms with Crippen LogP contribution in [0.5, 0.6) is 0 Å². The van der Waals surface area contributed by atoms with E-state index in [0.29, 0.717) is 30.4 Å². The normalized spacial score (nSPS) is 12.1. The van der Waals surface area contributed by atoms with Gasteiger partial charge in [0.15, 0.2) is 0 Å². The van der Waals surface area contributed by atoms with E-state index in [4.69, 9.17) is 9.05 Å². The smallest absolute Gasteiger partial charge is 0.305 e. The number of benzene rings is 1. The molecular formula is C22H37O3P. The fourth-order valence-electron chi connectivity index (χ4n) is 2.66. The van der Waals surface area contributed by atoms with E-state index >= 15 is 0 Å². The van der Waals surface area contributed by atoms with Gasteiger partial charge in [-0.05, 0) is 42.4 Å². The Morgan fingerprint density at radius 3 is 1.73 bits per heavy atom. The van der Waals surface area contributed by atoms with E-state index in [2.05, 4.69) is 34.3 Å². The summed E-state index contributed by atoms with van der Waals surface area (Å²) in [6.45, 7) is 13.6. The van der Waals surface area contributed by atoms with E-state index in [1.807, 2.05) is 24.3 Å². The summed E-state index contributed by atoms with van der Waals surface area (Å²) in [7, 11) is -3.26. The largest absolute Gasteiger partial charge is 0.361 e. The minimum absolute atomic E-state index is 0.471. The number of unbranched alkanes of at least 4 members (excludes halogenated alkanes) is 2. The highest BCUT2D eigenvalue weighted by atomic mass is 31.2. The van der Waals surface area contributed by atoms with Gasteiger partial charge < -0.3 is 9.05 Å². The van der Waals surface area contributed by atoms with Crippen LogP contribution in [0.2, 0.25) is 0 Å². The molecule has 0 saturated carbocycles. The molecule has 0 N–H and O–H groups in total. The van der Waals surface area contributed by atoms with Gasteiger partial charge in [0.05, 0.1) is 18.5 Å². The van der Waals surface area contributed by atoms with E-state index in [0.717, 1.165) is 44.1 Å². The van der Waals surface area contributed by atoms with Crippen LogP contribution in [0.4, 0.5) is 0 Å². The molecule has 0 aliphatic heterocycles. The van der Waals surface area contributed by atoms with Crippen molar-refractivity contribution in [3.05, 3.63) is 36.4 Å². The van der Waals surface area contributed by atoms with Crippen LogP contribution in [0.25, 0.3) is 6.08 Å². The molecule has 1 aromatic carbocycles. The summed E-state index contributed by atoms with van der Waals surface area (Å²) in [5.74, 6) is 1.37. The standard InChI is InChI=1S/C22H37O3P/c1-6-21-13-15-22(16-14-21)26(23,24-17-9-7-11-19(2)3)25-18-10-8-12-20(4)5/h6,13-16,19-20H,1,7-12,17-18H2,2-5H3. The zero-order chi connectivity index (χ0) is 19.4. The summed E-state index contributed by atoms with van der Waals surface area (Å²) in [5, 5.41) is 0.635. The molecule has 148 valence electrons. The van der Waals surface area contributed by atoms with E-state index in [1.165, 1.54) is 0 Å². The lowest BCUT2D eigenvalue weighted by Crippen LogP contribution is -2.12. The summed E-state index contributed by atoms with van der Waals surface area (Å²) in [5.41, 5.74) is 0.995. The number of hydrogen-bond donors (Lipinski definition) is 0. The highest BCUT2D eigenvalue weighted by molar-refractivity contribution is 7.62. The van der Waals surface area contributed by atoms with Crippen LogP contribution >= 0.6 is 7.60 Å². The average Bonchev–Trinajstić information content (AvgIpc) is 2.60. The summed E-state index contributed by atoms with van der Waals surface area (Å²) in [6.07, 6.45) is 8.08. The molecule has 0 unspecified atom stereocenters. The van der Waals surface area contributed by atoms with Gasteiger partial charge >= 0.3 is 7.60 Å². The quantitative estimate of drug-likeness (QED) is 0.262. The second kappa shape index (κ2) is 12.5. The summed E-state index contributed by atoms with van der Waals surface area (Å²) in [4.78, 5) is 0. The highest BCUT2D eigenvalue weighted by Gasteiger charge is 2.27. The zero-order valence-corrected chi connectivity index (χ0v) is 18.0. The van der Waals surface area contributed by atoms with Crippen molar-refractivity contribution in [2.75, 3.05) is 13.2 Å². The predicted octanol–water partition coefficient (Wildman–Crippen LogP) is 6.83. The first-order chi connectivity index (χ1) is 12.4. The van der Waals surface area contributed by atoms with Crippen LogP contribution in [-0.4, -0.2) is 13.2 Å². The highest BCUT2D eigenvalue weighted by Crippen LogP contribution is 2.47. The Balaban J connectivity index is 2.63. The Morgan fingerprint density at radius 2 is 1.35 bits per heavy atom. The molecule has 0 fully saturated rings. The lowest BCUT2D eigenvalue weighted by Gasteiger charge is -2.19. The van der Waals surface area contributed by atoms with Crippen LogP contribution in [0.3, 0.4) is 0 Å². The van der Waals surface area contributed by atoms with Crippen molar-refractivity contribution in [2.45, 2.75) is 66.2 Å². The van der Waals surface area contributed by atoms with Gasteiger partial charge in [-0.25, -0.2) is 0 Å². The molecule has 0 aliphatic rings. The Hall–Kier alpha value is -0.890. The first-order valence-electron chi connectivity index (χ1n) is 9.99. The topological polar surface area (TPSA) is 35.5 Å². The molecule has 0 saturated heterocycles. The van der Waals surface area contributed by atoms with Gasteiger partial charge in [-0.3, -0.25) is 4.57 Å². The number of hydrogen-bond acceptors (Lipinski definition) is 3. The van der Waals surface area contributed by atoms with Crippen LogP contribution in [0.1, 0.15) is 71.8 Å². The Bertz CT molecular complexity index is 527. The molecule has 0 amide bonds. The first-order valence-corrected chi connectivity index (χ1v) is 11.5. The van der Waals surface area contributed by atoms with E-state index in [1.54, 1.807) is 6.08 Å². The third-order valence-corrected chi connectivity index (χ3v) is 6.29. The van der Waals surface area contributed by atoms with Gasteiger partial charge in [0.25, 0.3) is 0 Å². The molecule has 0 aromatic heterocycles. The molecule has 1 aromatic rings. The fraction of sp³-hybridized carbons (Fsp3) is 0.636. The predicted molar refractivity (Wildman–Crippen MR) is 113 cm³/mol. The van der Waals surface area contributed by atoms with E-state index in [-0.39, 0.29) is 0 Å². The van der Waals surface area contributed by atoms with Crippen LogP contribution < -0.4 is 5.30 Å². The second-order valence-corrected chi connectivity index (χ2v) is 9.77. The van der Waals surface area contributed by atoms with Crippen molar-refractivity contribution in [3.8, 4) is 0 Å². The monoisotopic (exact) mass is 380 g/mol. The molecule has 0 heterocycles. The maximum absolute atomic E-state index is 13.3. The fourth-order valence-corrected chi connectivity index (χ4v) is 4.28. The zero-order valence-electron chi connectivity index (χ0n) is 17.1. The van der Waals surface area contributed by atoms with Crippen molar-refractivity contribution in [3.63, 3.8) is 0 Å². The van der Waals surface area contributed by atoms with Gasteiger partial charge in [-0.1, -0.05) is 78.2 Å². The van der Waals surface area contributed by atoms with Crippen molar-refractivity contribution in [1.29, 1.82) is 0 Å². The van der Waals surface area contributed by atoms with E-state index in [9.17, 15) is 4.57 Å².